The topological polar surface area (TPSA) is 25.8 Å². The monoisotopic (exact) mass is 566 g/mol. The highest BCUT2D eigenvalue weighted by molar-refractivity contribution is 7.25. The molecule has 0 saturated carbocycles. The molecule has 0 aliphatic heterocycles. The van der Waals surface area contributed by atoms with Crippen molar-refractivity contribution in [2.24, 2.45) is 0 Å². The molecule has 0 spiro atoms. The summed E-state index contributed by atoms with van der Waals surface area (Å²) in [6, 6.07) is 55.6. The van der Waals surface area contributed by atoms with Crippen LogP contribution < -0.4 is 0 Å². The van der Waals surface area contributed by atoms with Crippen LogP contribution in [0.1, 0.15) is 0 Å². The van der Waals surface area contributed by atoms with Crippen LogP contribution in [-0.2, 0) is 0 Å². The fourth-order valence-electron chi connectivity index (χ4n) is 5.77. The molecular weight excluding hydrogens is 541 g/mol. The second kappa shape index (κ2) is 10.8. The van der Waals surface area contributed by atoms with Crippen LogP contribution in [0.3, 0.4) is 0 Å². The smallest absolute Gasteiger partial charge is 0.160 e. The third-order valence-electron chi connectivity index (χ3n) is 7.92. The van der Waals surface area contributed by atoms with Crippen molar-refractivity contribution in [1.29, 1.82) is 0 Å². The summed E-state index contributed by atoms with van der Waals surface area (Å²) in [6.07, 6.45) is 0. The van der Waals surface area contributed by atoms with Gasteiger partial charge in [-0.3, -0.25) is 0 Å². The number of hydrogen-bond acceptors (Lipinski definition) is 3. The Hall–Kier alpha value is -5.38. The van der Waals surface area contributed by atoms with E-state index in [9.17, 15) is 0 Å². The molecule has 2 nitrogen and oxygen atoms in total. The van der Waals surface area contributed by atoms with Crippen molar-refractivity contribution in [2.45, 2.75) is 0 Å². The first-order valence-corrected chi connectivity index (χ1v) is 15.2. The predicted octanol–water partition coefficient (Wildman–Crippen LogP) is 11.2. The fraction of sp³-hybridized carbons (Fsp3) is 0. The molecule has 0 fully saturated rings. The summed E-state index contributed by atoms with van der Waals surface area (Å²) in [5.41, 5.74) is 9.69. The minimum atomic E-state index is 0.719. The Morgan fingerprint density at radius 1 is 0.349 bits per heavy atom. The molecule has 0 aliphatic rings. The first-order chi connectivity index (χ1) is 21.3. The van der Waals surface area contributed by atoms with E-state index in [1.165, 1.54) is 42.4 Å². The van der Waals surface area contributed by atoms with Gasteiger partial charge in [0.05, 0.1) is 11.4 Å². The van der Waals surface area contributed by atoms with Gasteiger partial charge in [0, 0.05) is 36.9 Å². The zero-order valence-corrected chi connectivity index (χ0v) is 24.1. The van der Waals surface area contributed by atoms with E-state index in [2.05, 4.69) is 133 Å². The van der Waals surface area contributed by atoms with Gasteiger partial charge in [0.1, 0.15) is 0 Å². The number of hydrogen-bond donors (Lipinski definition) is 0. The number of rotatable bonds is 5. The SMILES string of the molecule is c1ccc(-c2cc(-c3ccc(-c4ccccc4)c(-c4ccc5sc6ccccc6c5c4)c3)nc(-c3ccccc3)n2)cc1. The maximum absolute atomic E-state index is 5.11. The van der Waals surface area contributed by atoms with Crippen LogP contribution in [-0.4, -0.2) is 9.97 Å². The summed E-state index contributed by atoms with van der Waals surface area (Å²) in [6.45, 7) is 0. The van der Waals surface area contributed by atoms with Gasteiger partial charge < -0.3 is 0 Å². The summed E-state index contributed by atoms with van der Waals surface area (Å²) in [4.78, 5) is 10.1. The lowest BCUT2D eigenvalue weighted by molar-refractivity contribution is 1.18. The van der Waals surface area contributed by atoms with Crippen molar-refractivity contribution in [3.05, 3.63) is 158 Å². The molecule has 3 heteroatoms. The molecule has 0 aliphatic carbocycles. The molecule has 2 heterocycles. The van der Waals surface area contributed by atoms with Crippen LogP contribution in [0.4, 0.5) is 0 Å². The van der Waals surface area contributed by atoms with Gasteiger partial charge in [-0.05, 0) is 52.6 Å². The van der Waals surface area contributed by atoms with Gasteiger partial charge >= 0.3 is 0 Å². The molecule has 0 saturated heterocycles. The Labute approximate surface area is 254 Å². The molecule has 0 bridgehead atoms. The van der Waals surface area contributed by atoms with Crippen LogP contribution in [0.15, 0.2) is 158 Å². The molecule has 2 aromatic heterocycles. The second-order valence-electron chi connectivity index (χ2n) is 10.6. The van der Waals surface area contributed by atoms with Gasteiger partial charge in [-0.2, -0.15) is 0 Å². The van der Waals surface area contributed by atoms with E-state index in [0.29, 0.717) is 0 Å². The van der Waals surface area contributed by atoms with Crippen LogP contribution >= 0.6 is 11.3 Å². The average molecular weight is 567 g/mol. The zero-order valence-electron chi connectivity index (χ0n) is 23.3. The quantitative estimate of drug-likeness (QED) is 0.207. The first kappa shape index (κ1) is 25.3. The summed E-state index contributed by atoms with van der Waals surface area (Å²) in [5.74, 6) is 0.719. The minimum Gasteiger partial charge on any atom is -0.228 e. The lowest BCUT2D eigenvalue weighted by Crippen LogP contribution is -1.96. The Bertz CT molecular complexity index is 2160. The Morgan fingerprint density at radius 2 is 0.930 bits per heavy atom. The number of benzene rings is 6. The van der Waals surface area contributed by atoms with Crippen LogP contribution in [0, 0.1) is 0 Å². The van der Waals surface area contributed by atoms with Crippen molar-refractivity contribution < 1.29 is 0 Å². The van der Waals surface area contributed by atoms with E-state index in [0.717, 1.165) is 33.9 Å². The average Bonchev–Trinajstić information content (AvgIpc) is 3.47. The summed E-state index contributed by atoms with van der Waals surface area (Å²) >= 11 is 1.85. The van der Waals surface area contributed by atoms with Gasteiger partial charge in [-0.1, -0.05) is 127 Å². The Kier molecular flexibility index (Phi) is 6.36. The Balaban J connectivity index is 1.35. The second-order valence-corrected chi connectivity index (χ2v) is 11.7. The van der Waals surface area contributed by atoms with E-state index in [-0.39, 0.29) is 0 Å². The highest BCUT2D eigenvalue weighted by Gasteiger charge is 2.15. The van der Waals surface area contributed by atoms with E-state index in [4.69, 9.17) is 9.97 Å². The van der Waals surface area contributed by atoms with Crippen molar-refractivity contribution in [3.63, 3.8) is 0 Å². The molecule has 8 aromatic rings. The normalized spacial score (nSPS) is 11.3. The van der Waals surface area contributed by atoms with Crippen molar-refractivity contribution in [2.75, 3.05) is 0 Å². The van der Waals surface area contributed by atoms with E-state index in [1.54, 1.807) is 0 Å². The van der Waals surface area contributed by atoms with E-state index >= 15 is 0 Å². The largest absolute Gasteiger partial charge is 0.228 e. The van der Waals surface area contributed by atoms with Gasteiger partial charge in [0.15, 0.2) is 5.82 Å². The third-order valence-corrected chi connectivity index (χ3v) is 9.07. The molecule has 202 valence electrons. The lowest BCUT2D eigenvalue weighted by atomic mass is 9.91. The van der Waals surface area contributed by atoms with Gasteiger partial charge in [0.25, 0.3) is 0 Å². The molecule has 6 aromatic carbocycles. The number of nitrogens with zero attached hydrogens (tertiary/aromatic N) is 2. The van der Waals surface area contributed by atoms with Gasteiger partial charge in [-0.25, -0.2) is 9.97 Å². The number of fused-ring (bicyclic) bond motifs is 3. The minimum absolute atomic E-state index is 0.719. The van der Waals surface area contributed by atoms with Crippen LogP contribution in [0.2, 0.25) is 0 Å². The highest BCUT2D eigenvalue weighted by Crippen LogP contribution is 2.40. The van der Waals surface area contributed by atoms with E-state index in [1.807, 2.05) is 35.6 Å². The molecular formula is C40H26N2S. The molecule has 0 atom stereocenters. The summed E-state index contributed by atoms with van der Waals surface area (Å²) in [5, 5.41) is 2.60. The molecule has 43 heavy (non-hydrogen) atoms. The summed E-state index contributed by atoms with van der Waals surface area (Å²) < 4.78 is 2.62. The third kappa shape index (κ3) is 4.80. The zero-order chi connectivity index (χ0) is 28.6. The van der Waals surface area contributed by atoms with Gasteiger partial charge in [-0.15, -0.1) is 11.3 Å². The van der Waals surface area contributed by atoms with Crippen molar-refractivity contribution in [1.82, 2.24) is 9.97 Å². The number of aromatic nitrogens is 2. The molecule has 0 unspecified atom stereocenters. The standard InChI is InChI=1S/C40H26N2S/c1-4-12-27(13-5-1)32-22-20-31(25-34(32)30-21-23-39-35(24-30)33-18-10-11-19-38(33)43-39)37-26-36(28-14-6-2-7-15-28)41-40(42-37)29-16-8-3-9-17-29/h1-26H. The van der Waals surface area contributed by atoms with Crippen molar-refractivity contribution >= 4 is 31.5 Å². The molecule has 0 amide bonds. The molecule has 0 radical (unpaired) electrons. The van der Waals surface area contributed by atoms with Gasteiger partial charge in [0.2, 0.25) is 0 Å². The predicted molar refractivity (Wildman–Crippen MR) is 182 cm³/mol. The van der Waals surface area contributed by atoms with E-state index < -0.39 is 0 Å². The fourth-order valence-corrected chi connectivity index (χ4v) is 6.86. The van der Waals surface area contributed by atoms with Crippen LogP contribution in [0.25, 0.3) is 76.3 Å². The maximum atomic E-state index is 5.11. The lowest BCUT2D eigenvalue weighted by Gasteiger charge is -2.14. The molecule has 0 N–H and O–H groups in total. The maximum Gasteiger partial charge on any atom is 0.160 e. The Morgan fingerprint density at radius 3 is 1.67 bits per heavy atom. The van der Waals surface area contributed by atoms with Crippen LogP contribution in [0.5, 0.6) is 0 Å². The first-order valence-electron chi connectivity index (χ1n) is 14.4. The highest BCUT2D eigenvalue weighted by atomic mass is 32.1. The summed E-state index contributed by atoms with van der Waals surface area (Å²) in [7, 11) is 0. The molecule has 8 rings (SSSR count). The number of thiophene rings is 1. The van der Waals surface area contributed by atoms with Crippen molar-refractivity contribution in [3.8, 4) is 56.2 Å².